The summed E-state index contributed by atoms with van der Waals surface area (Å²) in [6, 6.07) is 5.30. The molecule has 2 N–H and O–H groups in total. The molecule has 1 amide bonds. The van der Waals surface area contributed by atoms with Gasteiger partial charge in [-0.15, -0.1) is 0 Å². The van der Waals surface area contributed by atoms with Gasteiger partial charge in [-0.25, -0.2) is 0 Å². The lowest BCUT2D eigenvalue weighted by atomic mass is 10.0. The van der Waals surface area contributed by atoms with Crippen molar-refractivity contribution in [2.24, 2.45) is 5.92 Å². The number of benzene rings is 1. The van der Waals surface area contributed by atoms with E-state index < -0.39 is 0 Å². The highest BCUT2D eigenvalue weighted by Crippen LogP contribution is 2.21. The average molecular weight is 303 g/mol. The molecule has 1 fully saturated rings. The van der Waals surface area contributed by atoms with E-state index in [0.717, 1.165) is 18.7 Å². The Morgan fingerprint density at radius 2 is 2.21 bits per heavy atom. The molecule has 1 aliphatic heterocycles. The van der Waals surface area contributed by atoms with Crippen LogP contribution in [0.4, 0.5) is 0 Å². The number of carbonyl (C=O) groups excluding carboxylic acids is 1. The molecule has 0 atom stereocenters. The lowest BCUT2D eigenvalue weighted by Crippen LogP contribution is -2.51. The first-order valence-electron chi connectivity index (χ1n) is 6.17. The summed E-state index contributed by atoms with van der Waals surface area (Å²) in [5.74, 6) is 0.206. The molecule has 1 aromatic carbocycles. The molecule has 104 valence electrons. The zero-order chi connectivity index (χ0) is 13.7. The van der Waals surface area contributed by atoms with E-state index in [1.165, 1.54) is 0 Å². The van der Waals surface area contributed by atoms with Crippen LogP contribution in [0.25, 0.3) is 0 Å². The predicted molar refractivity (Wildman–Crippen MR) is 75.5 cm³/mol. The number of hydrogen-bond acceptors (Lipinski definition) is 3. The van der Waals surface area contributed by atoms with Crippen LogP contribution in [0, 0.1) is 5.92 Å². The first-order chi connectivity index (χ1) is 9.16. The third-order valence-corrected chi connectivity index (χ3v) is 3.56. The molecule has 6 heteroatoms. The molecule has 1 saturated heterocycles. The van der Waals surface area contributed by atoms with Crippen molar-refractivity contribution in [1.82, 2.24) is 10.6 Å². The molecule has 1 heterocycles. The highest BCUT2D eigenvalue weighted by Gasteiger charge is 2.23. The Bertz CT molecular complexity index is 450. The number of rotatable bonds is 6. The van der Waals surface area contributed by atoms with E-state index in [-0.39, 0.29) is 11.8 Å². The molecule has 2 rings (SSSR count). The van der Waals surface area contributed by atoms with Gasteiger partial charge in [0, 0.05) is 29.7 Å². The summed E-state index contributed by atoms with van der Waals surface area (Å²) in [4.78, 5) is 11.5. The van der Waals surface area contributed by atoms with Gasteiger partial charge in [-0.1, -0.05) is 29.3 Å². The molecular formula is C13H16Cl2N2O2. The van der Waals surface area contributed by atoms with Crippen LogP contribution in [0.15, 0.2) is 18.2 Å². The number of ether oxygens (including phenoxy) is 1. The Morgan fingerprint density at radius 3 is 2.84 bits per heavy atom. The predicted octanol–water partition coefficient (Wildman–Crippen LogP) is 1.85. The van der Waals surface area contributed by atoms with Crippen LogP contribution in [0.2, 0.25) is 10.0 Å². The van der Waals surface area contributed by atoms with Crippen molar-refractivity contribution in [3.8, 4) is 0 Å². The lowest BCUT2D eigenvalue weighted by molar-refractivity contribution is -0.126. The minimum absolute atomic E-state index is 0.0897. The number of nitrogens with one attached hydrogen (secondary N) is 2. The van der Waals surface area contributed by atoms with Crippen LogP contribution in [0.1, 0.15) is 5.56 Å². The Hall–Kier alpha value is -0.810. The van der Waals surface area contributed by atoms with Gasteiger partial charge in [-0.05, 0) is 17.7 Å². The SMILES string of the molecule is O=C(NCCOCc1ccc(Cl)cc1Cl)C1CNC1. The van der Waals surface area contributed by atoms with Crippen molar-refractivity contribution < 1.29 is 9.53 Å². The highest BCUT2D eigenvalue weighted by atomic mass is 35.5. The van der Waals surface area contributed by atoms with E-state index in [0.29, 0.717) is 29.8 Å². The van der Waals surface area contributed by atoms with Gasteiger partial charge in [0.15, 0.2) is 0 Å². The smallest absolute Gasteiger partial charge is 0.225 e. The molecular weight excluding hydrogens is 287 g/mol. The fourth-order valence-corrected chi connectivity index (χ4v) is 2.15. The van der Waals surface area contributed by atoms with Crippen molar-refractivity contribution in [2.75, 3.05) is 26.2 Å². The van der Waals surface area contributed by atoms with E-state index in [4.69, 9.17) is 27.9 Å². The molecule has 4 nitrogen and oxygen atoms in total. The van der Waals surface area contributed by atoms with E-state index in [9.17, 15) is 4.79 Å². The first-order valence-corrected chi connectivity index (χ1v) is 6.92. The molecule has 19 heavy (non-hydrogen) atoms. The Labute approximate surface area is 122 Å². The van der Waals surface area contributed by atoms with Crippen LogP contribution in [-0.2, 0) is 16.1 Å². The van der Waals surface area contributed by atoms with Crippen LogP contribution < -0.4 is 10.6 Å². The summed E-state index contributed by atoms with van der Waals surface area (Å²) in [7, 11) is 0. The number of carbonyl (C=O) groups is 1. The summed E-state index contributed by atoms with van der Waals surface area (Å²) >= 11 is 11.8. The average Bonchev–Trinajstić information content (AvgIpc) is 2.29. The van der Waals surface area contributed by atoms with E-state index in [1.807, 2.05) is 6.07 Å². The molecule has 1 aromatic rings. The van der Waals surface area contributed by atoms with Gasteiger partial charge in [-0.3, -0.25) is 4.79 Å². The maximum atomic E-state index is 11.5. The monoisotopic (exact) mass is 302 g/mol. The van der Waals surface area contributed by atoms with Gasteiger partial charge in [0.05, 0.1) is 19.1 Å². The van der Waals surface area contributed by atoms with Gasteiger partial charge >= 0.3 is 0 Å². The van der Waals surface area contributed by atoms with Crippen LogP contribution >= 0.6 is 23.2 Å². The second-order valence-corrected chi connectivity index (χ2v) is 5.28. The summed E-state index contributed by atoms with van der Waals surface area (Å²) in [5, 5.41) is 7.10. The number of halogens is 2. The van der Waals surface area contributed by atoms with Crippen molar-refractivity contribution >= 4 is 29.1 Å². The number of hydrogen-bond donors (Lipinski definition) is 2. The highest BCUT2D eigenvalue weighted by molar-refractivity contribution is 6.35. The van der Waals surface area contributed by atoms with Crippen LogP contribution in [0.3, 0.4) is 0 Å². The van der Waals surface area contributed by atoms with Crippen LogP contribution in [-0.4, -0.2) is 32.1 Å². The third kappa shape index (κ3) is 4.35. The van der Waals surface area contributed by atoms with E-state index in [2.05, 4.69) is 10.6 Å². The van der Waals surface area contributed by atoms with Gasteiger partial charge in [-0.2, -0.15) is 0 Å². The Balaban J connectivity index is 1.62. The fourth-order valence-electron chi connectivity index (χ4n) is 1.69. The second-order valence-electron chi connectivity index (χ2n) is 4.43. The van der Waals surface area contributed by atoms with Gasteiger partial charge in [0.25, 0.3) is 0 Å². The van der Waals surface area contributed by atoms with E-state index in [1.54, 1.807) is 12.1 Å². The van der Waals surface area contributed by atoms with Gasteiger partial charge in [0.1, 0.15) is 0 Å². The molecule has 1 aliphatic rings. The quantitative estimate of drug-likeness (QED) is 0.789. The normalized spacial score (nSPS) is 15.1. The van der Waals surface area contributed by atoms with Crippen molar-refractivity contribution in [3.05, 3.63) is 33.8 Å². The minimum Gasteiger partial charge on any atom is -0.375 e. The largest absolute Gasteiger partial charge is 0.375 e. The zero-order valence-electron chi connectivity index (χ0n) is 10.4. The summed E-state index contributed by atoms with van der Waals surface area (Å²) in [5.41, 5.74) is 0.889. The zero-order valence-corrected chi connectivity index (χ0v) is 11.9. The first kappa shape index (κ1) is 14.6. The molecule has 0 saturated carbocycles. The molecule has 0 bridgehead atoms. The topological polar surface area (TPSA) is 50.4 Å². The summed E-state index contributed by atoms with van der Waals surface area (Å²) in [6.07, 6.45) is 0. The molecule has 0 aromatic heterocycles. The number of amides is 1. The molecule has 0 radical (unpaired) electrons. The van der Waals surface area contributed by atoms with Gasteiger partial charge in [0.2, 0.25) is 5.91 Å². The Morgan fingerprint density at radius 1 is 1.42 bits per heavy atom. The molecule has 0 spiro atoms. The minimum atomic E-state index is 0.0897. The van der Waals surface area contributed by atoms with E-state index >= 15 is 0 Å². The van der Waals surface area contributed by atoms with Gasteiger partial charge < -0.3 is 15.4 Å². The standard InChI is InChI=1S/C13H16Cl2N2O2/c14-11-2-1-9(12(15)5-11)8-19-4-3-17-13(18)10-6-16-7-10/h1-2,5,10,16H,3-4,6-8H2,(H,17,18). The molecule has 0 unspecified atom stereocenters. The second kappa shape index (κ2) is 7.10. The maximum absolute atomic E-state index is 11.5. The maximum Gasteiger partial charge on any atom is 0.225 e. The van der Waals surface area contributed by atoms with Crippen molar-refractivity contribution in [3.63, 3.8) is 0 Å². The fraction of sp³-hybridized carbons (Fsp3) is 0.462. The van der Waals surface area contributed by atoms with Crippen LogP contribution in [0.5, 0.6) is 0 Å². The Kier molecular flexibility index (Phi) is 5.45. The lowest BCUT2D eigenvalue weighted by Gasteiger charge is -2.25. The summed E-state index contributed by atoms with van der Waals surface area (Å²) < 4.78 is 5.46. The summed E-state index contributed by atoms with van der Waals surface area (Å²) in [6.45, 7) is 2.93. The van der Waals surface area contributed by atoms with Crippen molar-refractivity contribution in [1.29, 1.82) is 0 Å². The third-order valence-electron chi connectivity index (χ3n) is 2.97. The molecule has 0 aliphatic carbocycles. The van der Waals surface area contributed by atoms with Crippen molar-refractivity contribution in [2.45, 2.75) is 6.61 Å².